The zero-order valence-electron chi connectivity index (χ0n) is 14.2. The van der Waals surface area contributed by atoms with Crippen LogP contribution in [0, 0.1) is 6.92 Å². The molecule has 1 aliphatic rings. The molecular formula is C20H19ClN4. The highest BCUT2D eigenvalue weighted by Gasteiger charge is 2.27. The van der Waals surface area contributed by atoms with Crippen LogP contribution in [0.4, 0.5) is 23.1 Å². The molecule has 0 saturated heterocycles. The summed E-state index contributed by atoms with van der Waals surface area (Å²) in [6.07, 6.45) is 2.81. The summed E-state index contributed by atoms with van der Waals surface area (Å²) in [5.41, 5.74) is 4.48. The van der Waals surface area contributed by atoms with Gasteiger partial charge in [-0.2, -0.15) is 4.98 Å². The number of para-hydroxylation sites is 1. The van der Waals surface area contributed by atoms with Gasteiger partial charge < -0.3 is 10.2 Å². The third-order valence-corrected chi connectivity index (χ3v) is 5.02. The summed E-state index contributed by atoms with van der Waals surface area (Å²) in [5.74, 6) is 1.47. The van der Waals surface area contributed by atoms with Crippen molar-refractivity contribution >= 4 is 34.7 Å². The van der Waals surface area contributed by atoms with E-state index in [1.807, 2.05) is 31.2 Å². The van der Waals surface area contributed by atoms with Crippen LogP contribution in [0.2, 0.25) is 5.02 Å². The fourth-order valence-corrected chi connectivity index (χ4v) is 3.50. The summed E-state index contributed by atoms with van der Waals surface area (Å²) in [5, 5.41) is 4.01. The van der Waals surface area contributed by atoms with Crippen molar-refractivity contribution < 1.29 is 0 Å². The molecule has 0 saturated carbocycles. The molecule has 1 aliphatic heterocycles. The van der Waals surface area contributed by atoms with Gasteiger partial charge in [0.1, 0.15) is 5.82 Å². The Balaban J connectivity index is 1.67. The van der Waals surface area contributed by atoms with Gasteiger partial charge in [-0.3, -0.25) is 0 Å². The molecule has 4 rings (SSSR count). The van der Waals surface area contributed by atoms with Gasteiger partial charge in [0, 0.05) is 28.6 Å². The van der Waals surface area contributed by atoms with Gasteiger partial charge in [-0.05, 0) is 55.7 Å². The minimum atomic E-state index is 0.369. The number of benzene rings is 2. The second kappa shape index (κ2) is 6.37. The highest BCUT2D eigenvalue weighted by Crippen LogP contribution is 2.37. The van der Waals surface area contributed by atoms with Crippen molar-refractivity contribution in [1.82, 2.24) is 9.97 Å². The highest BCUT2D eigenvalue weighted by molar-refractivity contribution is 6.31. The van der Waals surface area contributed by atoms with Crippen molar-refractivity contribution in [2.45, 2.75) is 26.3 Å². The predicted molar refractivity (Wildman–Crippen MR) is 103 cm³/mol. The first-order valence-corrected chi connectivity index (χ1v) is 8.73. The summed E-state index contributed by atoms with van der Waals surface area (Å²) in [6.45, 7) is 4.20. The van der Waals surface area contributed by atoms with Gasteiger partial charge in [0.15, 0.2) is 0 Å². The molecule has 1 unspecified atom stereocenters. The molecule has 0 bridgehead atoms. The van der Waals surface area contributed by atoms with Crippen LogP contribution in [0.25, 0.3) is 0 Å². The predicted octanol–water partition coefficient (Wildman–Crippen LogP) is 5.26. The van der Waals surface area contributed by atoms with Crippen LogP contribution in [-0.2, 0) is 6.42 Å². The van der Waals surface area contributed by atoms with E-state index < -0.39 is 0 Å². The van der Waals surface area contributed by atoms with Crippen molar-refractivity contribution in [3.8, 4) is 0 Å². The maximum absolute atomic E-state index is 6.20. The lowest BCUT2D eigenvalue weighted by molar-refractivity contribution is 0.749. The first-order valence-electron chi connectivity index (χ1n) is 8.36. The Hall–Kier alpha value is -2.59. The normalized spacial score (nSPS) is 16.0. The fourth-order valence-electron chi connectivity index (χ4n) is 3.32. The minimum Gasteiger partial charge on any atom is -0.324 e. The van der Waals surface area contributed by atoms with Gasteiger partial charge in [-0.15, -0.1) is 0 Å². The Morgan fingerprint density at radius 2 is 1.96 bits per heavy atom. The number of fused-ring (bicyclic) bond motifs is 1. The van der Waals surface area contributed by atoms with Crippen molar-refractivity contribution in [2.75, 3.05) is 10.2 Å². The molecule has 0 aliphatic carbocycles. The standard InChI is InChI=1S/C20H19ClN4/c1-13-12-15-6-3-4-9-18(15)25(13)19-10-11-22-20(24-19)23-17-8-5-7-16(21)14(17)2/h3-11,13H,12H2,1-2H3,(H,22,23,24). The molecule has 0 radical (unpaired) electrons. The smallest absolute Gasteiger partial charge is 0.229 e. The van der Waals surface area contributed by atoms with E-state index in [-0.39, 0.29) is 0 Å². The molecule has 5 heteroatoms. The SMILES string of the molecule is Cc1c(Cl)cccc1Nc1nccc(N2c3ccccc3CC2C)n1. The number of aromatic nitrogens is 2. The number of halogens is 1. The molecule has 25 heavy (non-hydrogen) atoms. The first-order chi connectivity index (χ1) is 12.1. The molecule has 0 spiro atoms. The molecule has 1 N–H and O–H groups in total. The van der Waals surface area contributed by atoms with Gasteiger partial charge >= 0.3 is 0 Å². The average molecular weight is 351 g/mol. The second-order valence-corrected chi connectivity index (χ2v) is 6.73. The summed E-state index contributed by atoms with van der Waals surface area (Å²) in [7, 11) is 0. The summed E-state index contributed by atoms with van der Waals surface area (Å²) >= 11 is 6.20. The molecule has 126 valence electrons. The molecule has 0 fully saturated rings. The summed E-state index contributed by atoms with van der Waals surface area (Å²) < 4.78 is 0. The van der Waals surface area contributed by atoms with Crippen molar-refractivity contribution in [1.29, 1.82) is 0 Å². The van der Waals surface area contributed by atoms with Crippen LogP contribution in [0.1, 0.15) is 18.1 Å². The summed E-state index contributed by atoms with van der Waals surface area (Å²) in [4.78, 5) is 11.4. The van der Waals surface area contributed by atoms with E-state index in [4.69, 9.17) is 16.6 Å². The fraction of sp³-hybridized carbons (Fsp3) is 0.200. The van der Waals surface area contributed by atoms with Crippen LogP contribution >= 0.6 is 11.6 Å². The largest absolute Gasteiger partial charge is 0.324 e. The van der Waals surface area contributed by atoms with E-state index in [1.54, 1.807) is 6.20 Å². The summed E-state index contributed by atoms with van der Waals surface area (Å²) in [6, 6.07) is 16.6. The maximum atomic E-state index is 6.20. The van der Waals surface area contributed by atoms with Crippen LogP contribution in [0.15, 0.2) is 54.7 Å². The quantitative estimate of drug-likeness (QED) is 0.699. The maximum Gasteiger partial charge on any atom is 0.229 e. The average Bonchev–Trinajstić information content (AvgIpc) is 2.95. The number of hydrogen-bond donors (Lipinski definition) is 1. The number of rotatable bonds is 3. The van der Waals surface area contributed by atoms with Crippen LogP contribution in [0.3, 0.4) is 0 Å². The number of nitrogens with one attached hydrogen (secondary N) is 1. The number of hydrogen-bond acceptors (Lipinski definition) is 4. The van der Waals surface area contributed by atoms with Gasteiger partial charge in [-0.1, -0.05) is 35.9 Å². The van der Waals surface area contributed by atoms with Crippen LogP contribution in [0.5, 0.6) is 0 Å². The van der Waals surface area contributed by atoms with Gasteiger partial charge in [-0.25, -0.2) is 4.98 Å². The van der Waals surface area contributed by atoms with E-state index in [9.17, 15) is 0 Å². The zero-order valence-corrected chi connectivity index (χ0v) is 15.0. The van der Waals surface area contributed by atoms with E-state index >= 15 is 0 Å². The Morgan fingerprint density at radius 3 is 2.84 bits per heavy atom. The number of anilines is 4. The van der Waals surface area contributed by atoms with Crippen molar-refractivity contribution in [3.63, 3.8) is 0 Å². The molecule has 0 amide bonds. The molecule has 2 heterocycles. The van der Waals surface area contributed by atoms with E-state index in [1.165, 1.54) is 11.3 Å². The number of nitrogens with zero attached hydrogens (tertiary/aromatic N) is 3. The first kappa shape index (κ1) is 15.9. The molecule has 1 aromatic heterocycles. The van der Waals surface area contributed by atoms with Gasteiger partial charge in [0.05, 0.1) is 0 Å². The topological polar surface area (TPSA) is 41.1 Å². The zero-order chi connectivity index (χ0) is 17.4. The monoisotopic (exact) mass is 350 g/mol. The lowest BCUT2D eigenvalue weighted by atomic mass is 10.1. The molecule has 3 aromatic rings. The van der Waals surface area contributed by atoms with Crippen molar-refractivity contribution in [3.05, 3.63) is 70.9 Å². The van der Waals surface area contributed by atoms with Crippen LogP contribution in [-0.4, -0.2) is 16.0 Å². The van der Waals surface area contributed by atoms with Crippen LogP contribution < -0.4 is 10.2 Å². The Kier molecular flexibility index (Phi) is 4.06. The molecule has 2 aromatic carbocycles. The van der Waals surface area contributed by atoms with E-state index in [2.05, 4.69) is 46.4 Å². The van der Waals surface area contributed by atoms with Gasteiger partial charge in [0.2, 0.25) is 5.95 Å². The molecular weight excluding hydrogens is 332 g/mol. The Bertz CT molecular complexity index is 925. The Labute approximate surface area is 152 Å². The third kappa shape index (κ3) is 2.94. The van der Waals surface area contributed by atoms with E-state index in [0.29, 0.717) is 12.0 Å². The van der Waals surface area contributed by atoms with Gasteiger partial charge in [0.25, 0.3) is 0 Å². The lowest BCUT2D eigenvalue weighted by Gasteiger charge is -2.24. The third-order valence-electron chi connectivity index (χ3n) is 4.61. The van der Waals surface area contributed by atoms with Crippen molar-refractivity contribution in [2.24, 2.45) is 0 Å². The lowest BCUT2D eigenvalue weighted by Crippen LogP contribution is -2.25. The highest BCUT2D eigenvalue weighted by atomic mass is 35.5. The molecule has 4 nitrogen and oxygen atoms in total. The van der Waals surface area contributed by atoms with E-state index in [0.717, 1.165) is 28.5 Å². The second-order valence-electron chi connectivity index (χ2n) is 6.33. The minimum absolute atomic E-state index is 0.369. The molecule has 1 atom stereocenters. The Morgan fingerprint density at radius 1 is 1.12 bits per heavy atom.